The first-order chi connectivity index (χ1) is 3.68. The van der Waals surface area contributed by atoms with Crippen LogP contribution in [0.15, 0.2) is 0 Å². The van der Waals surface area contributed by atoms with Gasteiger partial charge in [-0.25, -0.2) is 4.21 Å². The lowest BCUT2D eigenvalue weighted by atomic mass is 11.3. The molecule has 0 fully saturated rings. The average Bonchev–Trinajstić information content (AvgIpc) is 1.69. The maximum Gasteiger partial charge on any atom is 0.0839 e. The van der Waals surface area contributed by atoms with Crippen molar-refractivity contribution in [2.75, 3.05) is 21.2 Å². The van der Waals surface area contributed by atoms with Crippen molar-refractivity contribution in [2.45, 2.75) is 0 Å². The summed E-state index contributed by atoms with van der Waals surface area (Å²) in [5.41, 5.74) is 0. The average molecular weight is 140 g/mol. The van der Waals surface area contributed by atoms with E-state index in [0.29, 0.717) is 0 Å². The molecule has 1 atom stereocenters. The maximum absolute atomic E-state index is 9.15. The summed E-state index contributed by atoms with van der Waals surface area (Å²) in [5.74, 6) is 0. The Morgan fingerprint density at radius 1 is 1.62 bits per heavy atom. The summed E-state index contributed by atoms with van der Waals surface area (Å²) < 4.78 is 22.0. The van der Waals surface area contributed by atoms with Crippen LogP contribution < -0.4 is 5.32 Å². The molecule has 1 N–H and O–H groups in total. The number of nitrogens with one attached hydrogen (secondary N) is 1. The van der Waals surface area contributed by atoms with Crippen LogP contribution >= 0.6 is 0 Å². The molecule has 0 aromatic rings. The minimum absolute atomic E-state index is 1.09. The highest BCUT2D eigenvalue weighted by molar-refractivity contribution is 7.74. The molecule has 0 aliphatic carbocycles. The predicted octanol–water partition coefficient (Wildman–Crippen LogP) is -0.738. The lowest BCUT2D eigenvalue weighted by Crippen LogP contribution is -1.89. The van der Waals surface area contributed by atoms with Gasteiger partial charge in [0.1, 0.15) is 0 Å². The van der Waals surface area contributed by atoms with Crippen molar-refractivity contribution in [2.24, 2.45) is 0 Å². The predicted molar refractivity (Wildman–Crippen MR) is 30.9 cm³/mol. The summed E-state index contributed by atoms with van der Waals surface area (Å²) in [4.78, 5) is 0. The third-order valence-electron chi connectivity index (χ3n) is 0.136. The Morgan fingerprint density at radius 3 is 1.75 bits per heavy atom. The van der Waals surface area contributed by atoms with Crippen LogP contribution in [0.1, 0.15) is 0 Å². The summed E-state index contributed by atoms with van der Waals surface area (Å²) in [7, 11) is 4.84. The van der Waals surface area contributed by atoms with E-state index in [1.165, 1.54) is 0 Å². The molecule has 0 radical (unpaired) electrons. The first-order valence-electron chi connectivity index (χ1n) is 1.91. The van der Waals surface area contributed by atoms with Gasteiger partial charge in [0.15, 0.2) is 0 Å². The van der Waals surface area contributed by atoms with E-state index in [0.717, 1.165) is 7.11 Å². The molecule has 0 saturated heterocycles. The van der Waals surface area contributed by atoms with Crippen molar-refractivity contribution < 1.29 is 12.9 Å². The molecular formula is C3H10NO3S-. The van der Waals surface area contributed by atoms with Crippen LogP contribution in [0.3, 0.4) is 0 Å². The van der Waals surface area contributed by atoms with E-state index in [4.69, 9.17) is 8.76 Å². The molecule has 0 aromatic carbocycles. The highest BCUT2D eigenvalue weighted by Crippen LogP contribution is 1.63. The Kier molecular flexibility index (Phi) is 13.8. The molecule has 1 unspecified atom stereocenters. The first-order valence-corrected chi connectivity index (χ1v) is 2.91. The highest BCUT2D eigenvalue weighted by atomic mass is 32.2. The normalized spacial score (nSPS) is 11.5. The lowest BCUT2D eigenvalue weighted by Gasteiger charge is -1.94. The molecule has 52 valence electrons. The standard InChI is InChI=1S/C2H7N.CH4O3S/c1-3-2;1-4-5(2)3/h3H,1-2H3;1H3,(H,2,3)/p-1. The van der Waals surface area contributed by atoms with Gasteiger partial charge < -0.3 is 14.1 Å². The first kappa shape index (κ1) is 10.9. The second kappa shape index (κ2) is 10.1. The topological polar surface area (TPSA) is 61.4 Å². The fourth-order valence-electron chi connectivity index (χ4n) is 0. The Labute approximate surface area is 51.7 Å². The van der Waals surface area contributed by atoms with E-state index in [1.54, 1.807) is 0 Å². The van der Waals surface area contributed by atoms with E-state index in [9.17, 15) is 0 Å². The van der Waals surface area contributed by atoms with Gasteiger partial charge in [-0.3, -0.25) is 0 Å². The van der Waals surface area contributed by atoms with Crippen LogP contribution in [-0.4, -0.2) is 30.0 Å². The van der Waals surface area contributed by atoms with Gasteiger partial charge in [-0.15, -0.1) is 0 Å². The third-order valence-corrected chi connectivity index (χ3v) is 0.408. The monoisotopic (exact) mass is 140 g/mol. The second-order valence-corrected chi connectivity index (χ2v) is 1.61. The third kappa shape index (κ3) is 37.0. The molecule has 0 heterocycles. The van der Waals surface area contributed by atoms with E-state index in [-0.39, 0.29) is 0 Å². The molecule has 0 rings (SSSR count). The van der Waals surface area contributed by atoms with Gasteiger partial charge in [0.2, 0.25) is 0 Å². The summed E-state index contributed by atoms with van der Waals surface area (Å²) in [6, 6.07) is 0. The van der Waals surface area contributed by atoms with Crippen LogP contribution in [0.2, 0.25) is 0 Å². The van der Waals surface area contributed by atoms with Crippen molar-refractivity contribution >= 4 is 11.4 Å². The van der Waals surface area contributed by atoms with Crippen molar-refractivity contribution in [3.8, 4) is 0 Å². The van der Waals surface area contributed by atoms with Crippen LogP contribution in [0.5, 0.6) is 0 Å². The smallest absolute Gasteiger partial charge is 0.0839 e. The van der Waals surface area contributed by atoms with Crippen molar-refractivity contribution in [1.29, 1.82) is 0 Å². The molecule has 0 aliphatic rings. The highest BCUT2D eigenvalue weighted by Gasteiger charge is 1.59. The van der Waals surface area contributed by atoms with Crippen molar-refractivity contribution in [1.82, 2.24) is 5.32 Å². The van der Waals surface area contributed by atoms with Gasteiger partial charge in [-0.05, 0) is 14.1 Å². The van der Waals surface area contributed by atoms with Gasteiger partial charge in [-0.1, -0.05) is 0 Å². The zero-order valence-electron chi connectivity index (χ0n) is 5.13. The van der Waals surface area contributed by atoms with Crippen molar-refractivity contribution in [3.05, 3.63) is 0 Å². The fraction of sp³-hybridized carbons (Fsp3) is 1.00. The number of hydrogen-bond acceptors (Lipinski definition) is 4. The minimum Gasteiger partial charge on any atom is -0.750 e. The van der Waals surface area contributed by atoms with Gasteiger partial charge in [-0.2, -0.15) is 0 Å². The van der Waals surface area contributed by atoms with Gasteiger partial charge in [0, 0.05) is 0 Å². The Bertz CT molecular complexity index is 58.5. The Hall–Kier alpha value is 0.0300. The van der Waals surface area contributed by atoms with E-state index < -0.39 is 11.4 Å². The molecule has 5 heteroatoms. The number of rotatable bonds is 1. The van der Waals surface area contributed by atoms with Crippen LogP contribution in [0.25, 0.3) is 0 Å². The molecule has 0 bridgehead atoms. The van der Waals surface area contributed by atoms with Gasteiger partial charge in [0.05, 0.1) is 18.5 Å². The molecule has 0 spiro atoms. The minimum atomic E-state index is -2.32. The molecule has 0 aromatic heterocycles. The Morgan fingerprint density at radius 2 is 1.75 bits per heavy atom. The summed E-state index contributed by atoms with van der Waals surface area (Å²) in [6.07, 6.45) is 0. The van der Waals surface area contributed by atoms with E-state index in [1.807, 2.05) is 14.1 Å². The maximum atomic E-state index is 9.15. The summed E-state index contributed by atoms with van der Waals surface area (Å²) in [6.45, 7) is 0. The Balaban J connectivity index is 0. The molecule has 4 nitrogen and oxygen atoms in total. The molecular weight excluding hydrogens is 130 g/mol. The van der Waals surface area contributed by atoms with Gasteiger partial charge >= 0.3 is 0 Å². The van der Waals surface area contributed by atoms with E-state index in [2.05, 4.69) is 9.50 Å². The largest absolute Gasteiger partial charge is 0.750 e. The van der Waals surface area contributed by atoms with Crippen molar-refractivity contribution in [3.63, 3.8) is 0 Å². The zero-order chi connectivity index (χ0) is 6.99. The van der Waals surface area contributed by atoms with E-state index >= 15 is 0 Å². The van der Waals surface area contributed by atoms with Gasteiger partial charge in [0.25, 0.3) is 0 Å². The summed E-state index contributed by atoms with van der Waals surface area (Å²) in [5, 5.41) is 2.75. The second-order valence-electron chi connectivity index (χ2n) is 0.871. The fourth-order valence-corrected chi connectivity index (χ4v) is 0. The summed E-state index contributed by atoms with van der Waals surface area (Å²) >= 11 is -2.32. The quantitative estimate of drug-likeness (QED) is 0.487. The molecule has 0 aliphatic heterocycles. The lowest BCUT2D eigenvalue weighted by molar-refractivity contribution is 0.368. The molecule has 0 amide bonds. The van der Waals surface area contributed by atoms with Crippen LogP contribution in [0.4, 0.5) is 0 Å². The SMILES string of the molecule is CNC.COS(=O)[O-]. The number of hydrogen-bond donors (Lipinski definition) is 1. The molecule has 8 heavy (non-hydrogen) atoms. The van der Waals surface area contributed by atoms with Crippen LogP contribution in [-0.2, 0) is 15.5 Å². The van der Waals surface area contributed by atoms with Crippen LogP contribution in [0, 0.1) is 0 Å². The molecule has 0 saturated carbocycles. The zero-order valence-corrected chi connectivity index (χ0v) is 5.95.